The third kappa shape index (κ3) is 5.13. The summed E-state index contributed by atoms with van der Waals surface area (Å²) in [6.45, 7) is 17.2. The van der Waals surface area contributed by atoms with Gasteiger partial charge in [-0.3, -0.25) is 9.69 Å². The van der Waals surface area contributed by atoms with Gasteiger partial charge in [-0.1, -0.05) is 71.7 Å². The Morgan fingerprint density at radius 2 is 2.03 bits per heavy atom. The van der Waals surface area contributed by atoms with Crippen molar-refractivity contribution >= 4 is 47.7 Å². The number of amides is 1. The Bertz CT molecular complexity index is 1030. The zero-order valence-corrected chi connectivity index (χ0v) is 23.6. The molecule has 182 valence electrons. The van der Waals surface area contributed by atoms with Gasteiger partial charge in [0.05, 0.1) is 6.42 Å². The molecule has 2 atom stereocenters. The predicted octanol–water partition coefficient (Wildman–Crippen LogP) is 5.32. The van der Waals surface area contributed by atoms with Crippen molar-refractivity contribution in [2.24, 2.45) is 5.92 Å². The second-order valence-corrected chi connectivity index (χ2v) is 17.3. The van der Waals surface area contributed by atoms with Crippen LogP contribution < -0.4 is 5.38 Å². The number of nitrogens with zero attached hydrogens (tertiary/aromatic N) is 3. The molecule has 7 nitrogen and oxygen atoms in total. The van der Waals surface area contributed by atoms with E-state index in [-0.39, 0.29) is 23.4 Å². The highest BCUT2D eigenvalue weighted by molar-refractivity contribution is 8.23. The van der Waals surface area contributed by atoms with Crippen LogP contribution in [0, 0.1) is 12.8 Å². The molecule has 1 aliphatic heterocycles. The summed E-state index contributed by atoms with van der Waals surface area (Å²) >= 11 is 7.00. The van der Waals surface area contributed by atoms with Gasteiger partial charge in [0.2, 0.25) is 11.8 Å². The number of aromatic nitrogens is 2. The van der Waals surface area contributed by atoms with E-state index in [0.717, 1.165) is 11.1 Å². The molecule has 0 bridgehead atoms. The number of methoxy groups -OCH3 is 1. The molecule has 0 aromatic carbocycles. The summed E-state index contributed by atoms with van der Waals surface area (Å²) in [5.41, 5.74) is 1.20. The number of thiocarbonyl (C=S) groups is 1. The van der Waals surface area contributed by atoms with E-state index in [4.69, 9.17) is 25.8 Å². The highest BCUT2D eigenvalue weighted by Crippen LogP contribution is 2.38. The van der Waals surface area contributed by atoms with Crippen LogP contribution >= 0.6 is 24.0 Å². The Kier molecular flexibility index (Phi) is 7.62. The first-order chi connectivity index (χ1) is 15.3. The first kappa shape index (κ1) is 26.1. The second-order valence-electron chi connectivity index (χ2n) is 10.4. The van der Waals surface area contributed by atoms with Gasteiger partial charge in [-0.2, -0.15) is 0 Å². The number of ether oxygens (including phenoxy) is 1. The van der Waals surface area contributed by atoms with Crippen molar-refractivity contribution in [2.45, 2.75) is 78.2 Å². The fraction of sp³-hybridized carbons (Fsp3) is 0.652. The van der Waals surface area contributed by atoms with Crippen molar-refractivity contribution in [2.75, 3.05) is 12.9 Å². The van der Waals surface area contributed by atoms with E-state index in [9.17, 15) is 4.79 Å². The monoisotopic (exact) mass is 509 g/mol. The summed E-state index contributed by atoms with van der Waals surface area (Å²) in [5.74, 6) is 2.08. The van der Waals surface area contributed by atoms with Crippen LogP contribution in [0.25, 0.3) is 11.6 Å². The molecule has 0 aliphatic carbocycles. The lowest BCUT2D eigenvalue weighted by molar-refractivity contribution is -0.131. The number of thioether (sulfide) groups is 1. The van der Waals surface area contributed by atoms with Crippen LogP contribution in [0.2, 0.25) is 18.1 Å². The molecule has 1 amide bonds. The normalized spacial score (nSPS) is 18.4. The maximum atomic E-state index is 13.2. The molecule has 10 heteroatoms. The van der Waals surface area contributed by atoms with E-state index < -0.39 is 14.2 Å². The van der Waals surface area contributed by atoms with Crippen molar-refractivity contribution < 1.29 is 18.4 Å². The highest BCUT2D eigenvalue weighted by atomic mass is 32.2. The van der Waals surface area contributed by atoms with Crippen LogP contribution in [0.3, 0.4) is 0 Å². The summed E-state index contributed by atoms with van der Waals surface area (Å²) in [5, 5.41) is 0.925. The molecule has 0 unspecified atom stereocenters. The van der Waals surface area contributed by atoms with Crippen molar-refractivity contribution in [1.82, 2.24) is 14.9 Å². The molecule has 0 saturated carbocycles. The minimum Gasteiger partial charge on any atom is -0.450 e. The lowest BCUT2D eigenvalue weighted by atomic mass is 10.0. The molecular weight excluding hydrogens is 474 g/mol. The zero-order valence-electron chi connectivity index (χ0n) is 21.0. The summed E-state index contributed by atoms with van der Waals surface area (Å²) in [4.78, 5) is 24.2. The lowest BCUT2D eigenvalue weighted by Crippen LogP contribution is -2.49. The number of aryl methyl sites for hydroxylation is 1. The van der Waals surface area contributed by atoms with Gasteiger partial charge in [0.25, 0.3) is 0 Å². The van der Waals surface area contributed by atoms with Crippen molar-refractivity contribution in [3.63, 3.8) is 0 Å². The van der Waals surface area contributed by atoms with Gasteiger partial charge in [-0.05, 0) is 11.0 Å². The predicted molar refractivity (Wildman–Crippen MR) is 138 cm³/mol. The Morgan fingerprint density at radius 3 is 2.61 bits per heavy atom. The standard InChI is InChI=1S/C23H35N3O4S2Si/c1-13(2)16-12-32-22(31)26(16)18(27)10-17(28-7)15-11-29-20(25-15)19-21(30-14(3)24-19)33(8,9)23(4,5)6/h11,13,16-17H,10,12H2,1-9H3/t16-,17-/m0/s1. The zero-order chi connectivity index (χ0) is 24.7. The summed E-state index contributed by atoms with van der Waals surface area (Å²) in [7, 11) is -0.448. The van der Waals surface area contributed by atoms with Gasteiger partial charge in [-0.25, -0.2) is 9.97 Å². The fourth-order valence-electron chi connectivity index (χ4n) is 3.66. The molecular formula is C23H35N3O4S2Si. The van der Waals surface area contributed by atoms with Crippen LogP contribution in [0.4, 0.5) is 0 Å². The van der Waals surface area contributed by atoms with E-state index in [1.54, 1.807) is 30.0 Å². The van der Waals surface area contributed by atoms with Crippen LogP contribution in [0.1, 0.15) is 58.7 Å². The minimum atomic E-state index is -2.02. The van der Waals surface area contributed by atoms with Crippen molar-refractivity contribution in [1.29, 1.82) is 0 Å². The molecule has 0 spiro atoms. The van der Waals surface area contributed by atoms with Gasteiger partial charge in [-0.15, -0.1) is 0 Å². The van der Waals surface area contributed by atoms with E-state index in [1.807, 2.05) is 6.92 Å². The highest BCUT2D eigenvalue weighted by Gasteiger charge is 2.43. The molecule has 33 heavy (non-hydrogen) atoms. The molecule has 1 fully saturated rings. The minimum absolute atomic E-state index is 0.0562. The average Bonchev–Trinajstić information content (AvgIpc) is 3.43. The molecule has 3 rings (SSSR count). The second kappa shape index (κ2) is 9.63. The molecule has 2 aromatic rings. The Balaban J connectivity index is 1.87. The van der Waals surface area contributed by atoms with Gasteiger partial charge in [0, 0.05) is 25.8 Å². The number of carbonyl (C=O) groups excluding carboxylic acids is 1. The first-order valence-corrected chi connectivity index (χ1v) is 15.6. The Hall–Kier alpha value is -1.49. The smallest absolute Gasteiger partial charge is 0.248 e. The van der Waals surface area contributed by atoms with Gasteiger partial charge >= 0.3 is 0 Å². The molecule has 2 aromatic heterocycles. The summed E-state index contributed by atoms with van der Waals surface area (Å²) in [6, 6.07) is 0.102. The molecule has 0 N–H and O–H groups in total. The molecule has 1 saturated heterocycles. The maximum Gasteiger partial charge on any atom is 0.248 e. The number of carbonyl (C=O) groups is 1. The van der Waals surface area contributed by atoms with Crippen LogP contribution in [0.5, 0.6) is 0 Å². The van der Waals surface area contributed by atoms with E-state index in [2.05, 4.69) is 57.7 Å². The Labute approximate surface area is 207 Å². The lowest BCUT2D eigenvalue weighted by Gasteiger charge is -2.34. The molecule has 3 heterocycles. The number of rotatable bonds is 7. The van der Waals surface area contributed by atoms with Gasteiger partial charge < -0.3 is 13.6 Å². The quantitative estimate of drug-likeness (QED) is 0.367. The SMILES string of the molecule is CO[C@@H](CC(=O)N1C(=S)SC[C@H]1C(C)C)c1coc(-c2nc(C)oc2[Si](C)(C)C(C)(C)C)n1. The third-order valence-corrected chi connectivity index (χ3v) is 13.5. The van der Waals surface area contributed by atoms with Crippen molar-refractivity contribution in [3.05, 3.63) is 17.8 Å². The van der Waals surface area contributed by atoms with Gasteiger partial charge in [0.15, 0.2) is 11.6 Å². The van der Waals surface area contributed by atoms with Crippen LogP contribution in [0.15, 0.2) is 15.1 Å². The Morgan fingerprint density at radius 1 is 1.36 bits per heavy atom. The largest absolute Gasteiger partial charge is 0.450 e. The molecule has 1 aliphatic rings. The third-order valence-electron chi connectivity index (χ3n) is 6.82. The number of oxazole rings is 2. The van der Waals surface area contributed by atoms with Crippen molar-refractivity contribution in [3.8, 4) is 11.6 Å². The van der Waals surface area contributed by atoms with E-state index in [0.29, 0.717) is 33.4 Å². The van der Waals surface area contributed by atoms with Gasteiger partial charge in [0.1, 0.15) is 35.8 Å². The first-order valence-electron chi connectivity index (χ1n) is 11.2. The summed E-state index contributed by atoms with van der Waals surface area (Å²) in [6.07, 6.45) is 1.15. The van der Waals surface area contributed by atoms with Crippen LogP contribution in [-0.4, -0.2) is 52.1 Å². The average molecular weight is 510 g/mol. The molecule has 0 radical (unpaired) electrons. The fourth-order valence-corrected chi connectivity index (χ4v) is 7.16. The number of hydrogen-bond donors (Lipinski definition) is 0. The maximum absolute atomic E-state index is 13.2. The van der Waals surface area contributed by atoms with E-state index in [1.165, 1.54) is 0 Å². The van der Waals surface area contributed by atoms with E-state index >= 15 is 0 Å². The van der Waals surface area contributed by atoms with Crippen LogP contribution in [-0.2, 0) is 9.53 Å². The number of hydrogen-bond acceptors (Lipinski definition) is 8. The summed E-state index contributed by atoms with van der Waals surface area (Å²) < 4.78 is 18.2. The topological polar surface area (TPSA) is 81.6 Å².